The predicted octanol–water partition coefficient (Wildman–Crippen LogP) is 2.60. The Morgan fingerprint density at radius 3 is 2.46 bits per heavy atom. The number of hydrogen-bond donors (Lipinski definition) is 1. The second-order valence-corrected chi connectivity index (χ2v) is 4.42. The van der Waals surface area contributed by atoms with Crippen LogP contribution in [0.25, 0.3) is 0 Å². The van der Waals surface area contributed by atoms with Gasteiger partial charge in [-0.3, -0.25) is 0 Å². The lowest BCUT2D eigenvalue weighted by Gasteiger charge is -2.23. The fourth-order valence-corrected chi connectivity index (χ4v) is 1.29. The van der Waals surface area contributed by atoms with E-state index in [2.05, 4.69) is 13.8 Å². The Bertz CT molecular complexity index is 119. The Kier molecular flexibility index (Phi) is 6.35. The first-order valence-electron chi connectivity index (χ1n) is 5.28. The highest BCUT2D eigenvalue weighted by atomic mass is 16.5. The fourth-order valence-electron chi connectivity index (χ4n) is 1.29. The molecule has 0 radical (unpaired) electrons. The zero-order valence-corrected chi connectivity index (χ0v) is 9.47. The minimum atomic E-state index is -0.634. The van der Waals surface area contributed by atoms with Crippen LogP contribution in [0, 0.1) is 5.92 Å². The van der Waals surface area contributed by atoms with Crippen molar-refractivity contribution in [1.29, 1.82) is 0 Å². The molecule has 0 heterocycles. The Balaban J connectivity index is 3.50. The summed E-state index contributed by atoms with van der Waals surface area (Å²) in [7, 11) is 0. The second kappa shape index (κ2) is 6.39. The van der Waals surface area contributed by atoms with E-state index in [0.29, 0.717) is 13.2 Å². The van der Waals surface area contributed by atoms with Crippen molar-refractivity contribution < 1.29 is 9.84 Å². The normalized spacial score (nSPS) is 16.2. The van der Waals surface area contributed by atoms with Crippen LogP contribution < -0.4 is 0 Å². The molecule has 80 valence electrons. The van der Waals surface area contributed by atoms with Gasteiger partial charge in [-0.25, -0.2) is 0 Å². The summed E-state index contributed by atoms with van der Waals surface area (Å²) in [6, 6.07) is 0. The van der Waals surface area contributed by atoms with Gasteiger partial charge in [0.1, 0.15) is 0 Å². The van der Waals surface area contributed by atoms with E-state index in [1.165, 1.54) is 6.42 Å². The molecule has 1 atom stereocenters. The van der Waals surface area contributed by atoms with Crippen molar-refractivity contribution in [2.45, 2.75) is 52.6 Å². The molecule has 1 unspecified atom stereocenters. The van der Waals surface area contributed by atoms with Gasteiger partial charge in [-0.05, 0) is 26.2 Å². The third-order valence-electron chi connectivity index (χ3n) is 2.11. The van der Waals surface area contributed by atoms with Crippen LogP contribution in [0.4, 0.5) is 0 Å². The van der Waals surface area contributed by atoms with Crippen LogP contribution in [0.3, 0.4) is 0 Å². The van der Waals surface area contributed by atoms with E-state index in [1.807, 2.05) is 13.8 Å². The molecule has 0 spiro atoms. The van der Waals surface area contributed by atoms with E-state index < -0.39 is 5.60 Å². The Hall–Kier alpha value is -0.0800. The summed E-state index contributed by atoms with van der Waals surface area (Å²) in [6.45, 7) is 9.35. The smallest absolute Gasteiger partial charge is 0.0852 e. The molecule has 2 nitrogen and oxygen atoms in total. The zero-order valence-electron chi connectivity index (χ0n) is 9.47. The summed E-state index contributed by atoms with van der Waals surface area (Å²) in [4.78, 5) is 0. The van der Waals surface area contributed by atoms with Crippen molar-refractivity contribution in [3.8, 4) is 0 Å². The highest BCUT2D eigenvalue weighted by molar-refractivity contribution is 4.71. The summed E-state index contributed by atoms with van der Waals surface area (Å²) < 4.78 is 5.21. The first kappa shape index (κ1) is 12.9. The van der Waals surface area contributed by atoms with E-state index >= 15 is 0 Å². The molecule has 0 aromatic carbocycles. The lowest BCUT2D eigenvalue weighted by atomic mass is 9.97. The fraction of sp³-hybridized carbons (Fsp3) is 1.00. The minimum Gasteiger partial charge on any atom is -0.388 e. The standard InChI is InChI=1S/C11H24O2/c1-5-13-9-11(4,12)8-6-7-10(2)3/h10,12H,5-9H2,1-4H3. The van der Waals surface area contributed by atoms with Crippen LogP contribution in [0.1, 0.15) is 47.0 Å². The molecule has 0 bridgehead atoms. The van der Waals surface area contributed by atoms with E-state index in [-0.39, 0.29) is 0 Å². The molecule has 0 aliphatic heterocycles. The van der Waals surface area contributed by atoms with Crippen LogP contribution >= 0.6 is 0 Å². The molecule has 0 amide bonds. The number of ether oxygens (including phenoxy) is 1. The first-order chi connectivity index (χ1) is 5.98. The summed E-state index contributed by atoms with van der Waals surface area (Å²) in [5.74, 6) is 0.725. The van der Waals surface area contributed by atoms with Crippen LogP contribution in [0.2, 0.25) is 0 Å². The van der Waals surface area contributed by atoms with Crippen LogP contribution in [0.5, 0.6) is 0 Å². The molecule has 0 saturated heterocycles. The van der Waals surface area contributed by atoms with Crippen molar-refractivity contribution >= 4 is 0 Å². The molecule has 0 fully saturated rings. The molecule has 0 aromatic heterocycles. The topological polar surface area (TPSA) is 29.5 Å². The lowest BCUT2D eigenvalue weighted by Crippen LogP contribution is -2.30. The van der Waals surface area contributed by atoms with Gasteiger partial charge in [0.25, 0.3) is 0 Å². The third kappa shape index (κ3) is 8.26. The molecule has 0 aromatic rings. The van der Waals surface area contributed by atoms with Crippen LogP contribution in [0.15, 0.2) is 0 Å². The Morgan fingerprint density at radius 1 is 1.38 bits per heavy atom. The Labute approximate surface area is 82.3 Å². The van der Waals surface area contributed by atoms with Gasteiger partial charge in [-0.15, -0.1) is 0 Å². The van der Waals surface area contributed by atoms with E-state index in [1.54, 1.807) is 0 Å². The predicted molar refractivity (Wildman–Crippen MR) is 55.8 cm³/mol. The number of aliphatic hydroxyl groups is 1. The van der Waals surface area contributed by atoms with Crippen molar-refractivity contribution in [2.24, 2.45) is 5.92 Å². The summed E-state index contributed by atoms with van der Waals surface area (Å²) in [5.41, 5.74) is -0.634. The van der Waals surface area contributed by atoms with Crippen molar-refractivity contribution in [2.75, 3.05) is 13.2 Å². The highest BCUT2D eigenvalue weighted by Crippen LogP contribution is 2.16. The molecule has 0 saturated carbocycles. The maximum Gasteiger partial charge on any atom is 0.0852 e. The summed E-state index contributed by atoms with van der Waals surface area (Å²) in [6.07, 6.45) is 3.10. The van der Waals surface area contributed by atoms with Crippen molar-refractivity contribution in [1.82, 2.24) is 0 Å². The van der Waals surface area contributed by atoms with E-state index in [0.717, 1.165) is 18.8 Å². The SMILES string of the molecule is CCOCC(C)(O)CCCC(C)C. The van der Waals surface area contributed by atoms with Gasteiger partial charge in [-0.1, -0.05) is 26.7 Å². The average molecular weight is 188 g/mol. The average Bonchev–Trinajstić information content (AvgIpc) is 2.00. The number of rotatable bonds is 7. The minimum absolute atomic E-state index is 0.460. The molecule has 2 heteroatoms. The zero-order chi connectivity index (χ0) is 10.3. The van der Waals surface area contributed by atoms with E-state index in [9.17, 15) is 5.11 Å². The van der Waals surface area contributed by atoms with Gasteiger partial charge in [0.15, 0.2) is 0 Å². The quantitative estimate of drug-likeness (QED) is 0.665. The summed E-state index contributed by atoms with van der Waals surface area (Å²) in [5, 5.41) is 9.83. The van der Waals surface area contributed by atoms with Crippen LogP contribution in [-0.2, 0) is 4.74 Å². The first-order valence-corrected chi connectivity index (χ1v) is 5.28. The molecular formula is C11H24O2. The second-order valence-electron chi connectivity index (χ2n) is 4.42. The maximum absolute atomic E-state index is 9.83. The van der Waals surface area contributed by atoms with Crippen molar-refractivity contribution in [3.63, 3.8) is 0 Å². The van der Waals surface area contributed by atoms with Crippen molar-refractivity contribution in [3.05, 3.63) is 0 Å². The molecule has 0 aliphatic rings. The van der Waals surface area contributed by atoms with Gasteiger partial charge in [0, 0.05) is 6.61 Å². The Morgan fingerprint density at radius 2 is 2.00 bits per heavy atom. The molecular weight excluding hydrogens is 164 g/mol. The van der Waals surface area contributed by atoms with Gasteiger partial charge in [0.2, 0.25) is 0 Å². The lowest BCUT2D eigenvalue weighted by molar-refractivity contribution is -0.0372. The van der Waals surface area contributed by atoms with E-state index in [4.69, 9.17) is 4.74 Å². The van der Waals surface area contributed by atoms with Gasteiger partial charge in [-0.2, -0.15) is 0 Å². The van der Waals surface area contributed by atoms with Gasteiger partial charge in [0.05, 0.1) is 12.2 Å². The molecule has 0 aliphatic carbocycles. The molecule has 0 rings (SSSR count). The van der Waals surface area contributed by atoms with Gasteiger partial charge >= 0.3 is 0 Å². The molecule has 13 heavy (non-hydrogen) atoms. The highest BCUT2D eigenvalue weighted by Gasteiger charge is 2.19. The maximum atomic E-state index is 9.83. The van der Waals surface area contributed by atoms with Gasteiger partial charge < -0.3 is 9.84 Å². The third-order valence-corrected chi connectivity index (χ3v) is 2.11. The monoisotopic (exact) mass is 188 g/mol. The summed E-state index contributed by atoms with van der Waals surface area (Å²) >= 11 is 0. The molecule has 1 N–H and O–H groups in total. The number of hydrogen-bond acceptors (Lipinski definition) is 2. The van der Waals surface area contributed by atoms with Crippen LogP contribution in [-0.4, -0.2) is 23.9 Å². The largest absolute Gasteiger partial charge is 0.388 e.